The highest BCUT2D eigenvalue weighted by Gasteiger charge is 2.31. The van der Waals surface area contributed by atoms with Crippen LogP contribution in [0, 0.1) is 17.2 Å². The smallest absolute Gasteiger partial charge is 0.192 e. The van der Waals surface area contributed by atoms with Crippen LogP contribution in [-0.2, 0) is 9.84 Å². The molecule has 2 heterocycles. The molecule has 1 N–H and O–H groups in total. The van der Waals surface area contributed by atoms with Gasteiger partial charge in [0.1, 0.15) is 5.75 Å². The summed E-state index contributed by atoms with van der Waals surface area (Å²) < 4.78 is 28.7. The monoisotopic (exact) mass is 415 g/mol. The van der Waals surface area contributed by atoms with Gasteiger partial charge in [0.15, 0.2) is 14.9 Å². The molecule has 8 heteroatoms. The lowest BCUT2D eigenvalue weighted by molar-refractivity contribution is 0.107. The Labute approximate surface area is 171 Å². The molecule has 29 heavy (non-hydrogen) atoms. The molecule has 1 aromatic heterocycles. The van der Waals surface area contributed by atoms with E-state index in [2.05, 4.69) is 22.9 Å². The zero-order valence-corrected chi connectivity index (χ0v) is 17.3. The molecule has 0 bridgehead atoms. The van der Waals surface area contributed by atoms with E-state index in [4.69, 9.17) is 10.00 Å². The van der Waals surface area contributed by atoms with E-state index < -0.39 is 15.9 Å². The number of aromatic nitrogens is 1. The van der Waals surface area contributed by atoms with Gasteiger partial charge < -0.3 is 9.84 Å². The van der Waals surface area contributed by atoms with Crippen molar-refractivity contribution in [3.63, 3.8) is 0 Å². The zero-order valence-electron chi connectivity index (χ0n) is 16.5. The van der Waals surface area contributed by atoms with Gasteiger partial charge in [0.2, 0.25) is 0 Å². The van der Waals surface area contributed by atoms with Gasteiger partial charge in [-0.15, -0.1) is 0 Å². The second kappa shape index (κ2) is 8.91. The lowest BCUT2D eigenvalue weighted by atomic mass is 10.1. The summed E-state index contributed by atoms with van der Waals surface area (Å²) in [6.07, 6.45) is 2.84. The van der Waals surface area contributed by atoms with Gasteiger partial charge in [-0.3, -0.25) is 4.90 Å². The van der Waals surface area contributed by atoms with Crippen molar-refractivity contribution >= 4 is 9.84 Å². The Hall–Kier alpha value is -2.47. The SMILES string of the molecule is C[C@@H]1C[C@H](COc2ccc(S(C)(=O)=O)nc2)CN1CC(O)c1cccc(C#N)c1. The molecule has 1 fully saturated rings. The van der Waals surface area contributed by atoms with Crippen LogP contribution >= 0.6 is 0 Å². The van der Waals surface area contributed by atoms with E-state index in [1.165, 1.54) is 12.3 Å². The van der Waals surface area contributed by atoms with Crippen molar-refractivity contribution in [3.8, 4) is 11.8 Å². The Morgan fingerprint density at radius 2 is 2.17 bits per heavy atom. The molecular formula is C21H25N3O4S. The first-order chi connectivity index (χ1) is 13.8. The first-order valence-corrected chi connectivity index (χ1v) is 11.4. The van der Waals surface area contributed by atoms with Crippen molar-refractivity contribution in [1.29, 1.82) is 5.26 Å². The molecule has 2 aromatic rings. The Balaban J connectivity index is 1.53. The number of rotatable bonds is 7. The van der Waals surface area contributed by atoms with E-state index in [1.807, 2.05) is 6.07 Å². The summed E-state index contributed by atoms with van der Waals surface area (Å²) >= 11 is 0. The summed E-state index contributed by atoms with van der Waals surface area (Å²) in [4.78, 5) is 6.16. The van der Waals surface area contributed by atoms with Crippen LogP contribution in [0.15, 0.2) is 47.6 Å². The van der Waals surface area contributed by atoms with Crippen LogP contribution in [-0.4, -0.2) is 55.4 Å². The van der Waals surface area contributed by atoms with Crippen molar-refractivity contribution < 1.29 is 18.3 Å². The van der Waals surface area contributed by atoms with E-state index in [1.54, 1.807) is 24.3 Å². The molecule has 0 amide bonds. The second-order valence-corrected chi connectivity index (χ2v) is 9.54. The number of benzene rings is 1. The number of β-amino-alcohol motifs (C(OH)–C–C–N with tert-alkyl or cyclic N) is 1. The van der Waals surface area contributed by atoms with E-state index in [9.17, 15) is 13.5 Å². The maximum Gasteiger partial charge on any atom is 0.192 e. The van der Waals surface area contributed by atoms with Gasteiger partial charge >= 0.3 is 0 Å². The predicted octanol–water partition coefficient (Wildman–Crippen LogP) is 2.18. The predicted molar refractivity (Wildman–Crippen MR) is 108 cm³/mol. The number of sulfone groups is 1. The molecule has 1 aromatic carbocycles. The van der Waals surface area contributed by atoms with Gasteiger partial charge in [0.25, 0.3) is 0 Å². The molecule has 1 aliphatic rings. The third kappa shape index (κ3) is 5.54. The summed E-state index contributed by atoms with van der Waals surface area (Å²) in [5.74, 6) is 0.842. The summed E-state index contributed by atoms with van der Waals surface area (Å²) in [5.41, 5.74) is 1.28. The molecule has 3 rings (SSSR count). The van der Waals surface area contributed by atoms with E-state index in [0.717, 1.165) is 24.8 Å². The molecule has 1 aliphatic heterocycles. The topological polar surface area (TPSA) is 104 Å². The van der Waals surface area contributed by atoms with Crippen LogP contribution in [0.1, 0.15) is 30.6 Å². The second-order valence-electron chi connectivity index (χ2n) is 7.57. The van der Waals surface area contributed by atoms with Gasteiger partial charge in [-0.1, -0.05) is 12.1 Å². The van der Waals surface area contributed by atoms with Crippen LogP contribution in [0.25, 0.3) is 0 Å². The highest BCUT2D eigenvalue weighted by molar-refractivity contribution is 7.90. The van der Waals surface area contributed by atoms with Gasteiger partial charge in [0.05, 0.1) is 30.5 Å². The molecule has 0 aliphatic carbocycles. The van der Waals surface area contributed by atoms with Gasteiger partial charge in [-0.25, -0.2) is 13.4 Å². The van der Waals surface area contributed by atoms with Gasteiger partial charge in [-0.05, 0) is 43.2 Å². The van der Waals surface area contributed by atoms with Gasteiger partial charge in [-0.2, -0.15) is 5.26 Å². The van der Waals surface area contributed by atoms with Crippen LogP contribution < -0.4 is 4.74 Å². The third-order valence-corrected chi connectivity index (χ3v) is 6.17. The lowest BCUT2D eigenvalue weighted by Crippen LogP contribution is -2.32. The van der Waals surface area contributed by atoms with E-state index in [0.29, 0.717) is 36.4 Å². The van der Waals surface area contributed by atoms with E-state index in [-0.39, 0.29) is 5.03 Å². The normalized spacial score (nSPS) is 20.9. The standard InChI is InChI=1S/C21H25N3O4S/c1-15-8-17(14-28-19-6-7-21(23-11-19)29(2,26)27)12-24(15)13-20(25)18-5-3-4-16(9-18)10-22/h3-7,9,11,15,17,20,25H,8,12-14H2,1-2H3/t15-,17+,20?/m1/s1. The molecule has 0 radical (unpaired) electrons. The number of hydrogen-bond donors (Lipinski definition) is 1. The molecule has 7 nitrogen and oxygen atoms in total. The highest BCUT2D eigenvalue weighted by atomic mass is 32.2. The van der Waals surface area contributed by atoms with Crippen LogP contribution in [0.4, 0.5) is 0 Å². The zero-order chi connectivity index (χ0) is 21.0. The first kappa shape index (κ1) is 21.2. The molecule has 3 atom stereocenters. The maximum atomic E-state index is 11.5. The number of aliphatic hydroxyl groups excluding tert-OH is 1. The minimum atomic E-state index is -3.32. The number of ether oxygens (including phenoxy) is 1. The average molecular weight is 416 g/mol. The molecule has 0 spiro atoms. The Morgan fingerprint density at radius 1 is 1.38 bits per heavy atom. The number of aliphatic hydroxyl groups is 1. The molecule has 154 valence electrons. The molecular weight excluding hydrogens is 390 g/mol. The minimum absolute atomic E-state index is 0.0277. The fraction of sp³-hybridized carbons (Fsp3) is 0.429. The Morgan fingerprint density at radius 3 is 2.83 bits per heavy atom. The quantitative estimate of drug-likeness (QED) is 0.739. The van der Waals surface area contributed by atoms with Crippen LogP contribution in [0.3, 0.4) is 0 Å². The fourth-order valence-corrected chi connectivity index (χ4v) is 4.18. The highest BCUT2D eigenvalue weighted by Crippen LogP contribution is 2.27. The summed E-state index contributed by atoms with van der Waals surface area (Å²) in [5, 5.41) is 19.6. The molecule has 1 saturated heterocycles. The first-order valence-electron chi connectivity index (χ1n) is 9.47. The number of likely N-dealkylation sites (tertiary alicyclic amines) is 1. The number of pyridine rings is 1. The molecule has 1 unspecified atom stereocenters. The Bertz CT molecular complexity index is 986. The van der Waals surface area contributed by atoms with Crippen LogP contribution in [0.5, 0.6) is 5.75 Å². The van der Waals surface area contributed by atoms with Crippen molar-refractivity contribution in [1.82, 2.24) is 9.88 Å². The largest absolute Gasteiger partial charge is 0.492 e. The summed E-state index contributed by atoms with van der Waals surface area (Å²) in [6, 6.07) is 12.5. The maximum absolute atomic E-state index is 11.5. The summed E-state index contributed by atoms with van der Waals surface area (Å²) in [7, 11) is -3.32. The average Bonchev–Trinajstić information content (AvgIpc) is 3.05. The lowest BCUT2D eigenvalue weighted by Gasteiger charge is -2.24. The number of nitrogens with zero attached hydrogens (tertiary/aromatic N) is 3. The fourth-order valence-electron chi connectivity index (χ4n) is 3.62. The van der Waals surface area contributed by atoms with E-state index >= 15 is 0 Å². The van der Waals surface area contributed by atoms with Crippen LogP contribution in [0.2, 0.25) is 0 Å². The number of hydrogen-bond acceptors (Lipinski definition) is 7. The van der Waals surface area contributed by atoms with Crippen molar-refractivity contribution in [3.05, 3.63) is 53.7 Å². The van der Waals surface area contributed by atoms with Crippen molar-refractivity contribution in [2.45, 2.75) is 30.5 Å². The molecule has 0 saturated carbocycles. The van der Waals surface area contributed by atoms with Gasteiger partial charge in [0, 0.05) is 31.3 Å². The Kier molecular flexibility index (Phi) is 6.52. The number of nitriles is 1. The minimum Gasteiger partial charge on any atom is -0.492 e. The third-order valence-electron chi connectivity index (χ3n) is 5.17. The summed E-state index contributed by atoms with van der Waals surface area (Å²) in [6.45, 7) is 3.92. The van der Waals surface area contributed by atoms with Crippen molar-refractivity contribution in [2.75, 3.05) is 26.0 Å². The van der Waals surface area contributed by atoms with Crippen molar-refractivity contribution in [2.24, 2.45) is 5.92 Å².